The van der Waals surface area contributed by atoms with Gasteiger partial charge in [0.2, 0.25) is 0 Å². The second-order valence-corrected chi connectivity index (χ2v) is 9.17. The molecule has 0 saturated heterocycles. The highest BCUT2D eigenvalue weighted by Crippen LogP contribution is 2.25. The summed E-state index contributed by atoms with van der Waals surface area (Å²) in [4.78, 5) is 23.7. The number of unbranched alkanes of at least 4 members (excludes halogenated alkanes) is 11. The van der Waals surface area contributed by atoms with Crippen LogP contribution in [0.2, 0.25) is 0 Å². The van der Waals surface area contributed by atoms with Gasteiger partial charge in [0.15, 0.2) is 6.61 Å². The molecule has 204 valence electrons. The first-order valence-electron chi connectivity index (χ1n) is 13.6. The van der Waals surface area contributed by atoms with Gasteiger partial charge in [-0.05, 0) is 55.0 Å². The Bertz CT molecular complexity index is 887. The van der Waals surface area contributed by atoms with Crippen molar-refractivity contribution in [2.24, 2.45) is 0 Å². The third kappa shape index (κ3) is 14.7. The Kier molecular flexibility index (Phi) is 15.1. The van der Waals surface area contributed by atoms with Gasteiger partial charge in [0.25, 0.3) is 5.91 Å². The molecule has 0 aliphatic carbocycles. The van der Waals surface area contributed by atoms with Crippen LogP contribution in [0.5, 0.6) is 23.0 Å². The molecule has 2 rings (SSSR count). The molecule has 37 heavy (non-hydrogen) atoms. The summed E-state index contributed by atoms with van der Waals surface area (Å²) in [5, 5.41) is 12.1. The lowest BCUT2D eigenvalue weighted by Gasteiger charge is -2.10. The van der Waals surface area contributed by atoms with E-state index in [-0.39, 0.29) is 12.4 Å². The SMILES string of the molecule is CCCCCCCCCCCCCCNC(=O)NNC(=O)COc1ccc(Oc2ccc(O)cc2)cc1. The molecule has 0 heterocycles. The molecule has 8 nitrogen and oxygen atoms in total. The lowest BCUT2D eigenvalue weighted by Crippen LogP contribution is -2.48. The van der Waals surface area contributed by atoms with Crippen molar-refractivity contribution in [3.8, 4) is 23.0 Å². The predicted octanol–water partition coefficient (Wildman–Crippen LogP) is 6.59. The van der Waals surface area contributed by atoms with Gasteiger partial charge in [0.1, 0.15) is 23.0 Å². The minimum atomic E-state index is -0.468. The van der Waals surface area contributed by atoms with Crippen LogP contribution in [0.25, 0.3) is 0 Å². The number of hydrogen-bond donors (Lipinski definition) is 4. The van der Waals surface area contributed by atoms with Gasteiger partial charge < -0.3 is 19.9 Å². The third-order valence-electron chi connectivity index (χ3n) is 5.90. The van der Waals surface area contributed by atoms with E-state index in [0.717, 1.165) is 12.8 Å². The maximum absolute atomic E-state index is 11.9. The molecule has 0 aliphatic heterocycles. The number of carbonyl (C=O) groups is 2. The number of aromatic hydroxyl groups is 1. The van der Waals surface area contributed by atoms with Crippen molar-refractivity contribution in [1.82, 2.24) is 16.2 Å². The van der Waals surface area contributed by atoms with E-state index < -0.39 is 11.9 Å². The molecule has 3 amide bonds. The molecule has 2 aromatic carbocycles. The highest BCUT2D eigenvalue weighted by atomic mass is 16.5. The molecule has 0 aromatic heterocycles. The molecular weight excluding hydrogens is 470 g/mol. The molecule has 2 aromatic rings. The van der Waals surface area contributed by atoms with Crippen LogP contribution in [-0.2, 0) is 4.79 Å². The van der Waals surface area contributed by atoms with Crippen LogP contribution in [0.4, 0.5) is 4.79 Å². The number of ether oxygens (including phenoxy) is 2. The fraction of sp³-hybridized carbons (Fsp3) is 0.517. The van der Waals surface area contributed by atoms with Crippen LogP contribution < -0.4 is 25.6 Å². The maximum Gasteiger partial charge on any atom is 0.333 e. The maximum atomic E-state index is 11.9. The van der Waals surface area contributed by atoms with Crippen LogP contribution in [-0.4, -0.2) is 30.2 Å². The summed E-state index contributed by atoms with van der Waals surface area (Å²) in [6.07, 6.45) is 15.2. The van der Waals surface area contributed by atoms with E-state index in [1.165, 1.54) is 64.2 Å². The van der Waals surface area contributed by atoms with E-state index >= 15 is 0 Å². The second kappa shape index (κ2) is 18.8. The van der Waals surface area contributed by atoms with Crippen molar-refractivity contribution < 1.29 is 24.2 Å². The molecule has 0 atom stereocenters. The van der Waals surface area contributed by atoms with Crippen molar-refractivity contribution in [3.63, 3.8) is 0 Å². The number of carbonyl (C=O) groups excluding carboxylic acids is 2. The Morgan fingerprint density at radius 3 is 1.73 bits per heavy atom. The van der Waals surface area contributed by atoms with Gasteiger partial charge in [0, 0.05) is 6.54 Å². The molecule has 0 spiro atoms. The standard InChI is InChI=1S/C29H43N3O5/c1-2-3-4-5-6-7-8-9-10-11-12-13-22-30-29(35)32-31-28(34)23-36-25-18-20-27(21-19-25)37-26-16-14-24(33)15-17-26/h14-21,33H,2-13,22-23H2,1H3,(H,31,34)(H2,30,32,35). The zero-order valence-corrected chi connectivity index (χ0v) is 22.1. The quantitative estimate of drug-likeness (QED) is 0.133. The molecule has 0 unspecified atom stereocenters. The number of nitrogens with one attached hydrogen (secondary N) is 3. The minimum absolute atomic E-state index is 0.168. The highest BCUT2D eigenvalue weighted by molar-refractivity contribution is 5.81. The molecule has 4 N–H and O–H groups in total. The number of phenolic OH excluding ortho intramolecular Hbond substituents is 1. The number of hydrogen-bond acceptors (Lipinski definition) is 5. The average molecular weight is 514 g/mol. The molecule has 0 fully saturated rings. The van der Waals surface area contributed by atoms with Crippen LogP contribution >= 0.6 is 0 Å². The Morgan fingerprint density at radius 1 is 0.676 bits per heavy atom. The second-order valence-electron chi connectivity index (χ2n) is 9.17. The van der Waals surface area contributed by atoms with E-state index in [1.54, 1.807) is 48.5 Å². The van der Waals surface area contributed by atoms with Crippen LogP contribution in [0.3, 0.4) is 0 Å². The van der Waals surface area contributed by atoms with Crippen molar-refractivity contribution in [2.75, 3.05) is 13.2 Å². The summed E-state index contributed by atoms with van der Waals surface area (Å²) in [6, 6.07) is 12.7. The van der Waals surface area contributed by atoms with Gasteiger partial charge in [-0.1, -0.05) is 77.6 Å². The number of amides is 3. The third-order valence-corrected chi connectivity index (χ3v) is 5.90. The minimum Gasteiger partial charge on any atom is -0.508 e. The normalized spacial score (nSPS) is 10.5. The van der Waals surface area contributed by atoms with Gasteiger partial charge in [-0.15, -0.1) is 0 Å². The fourth-order valence-corrected chi connectivity index (χ4v) is 3.78. The van der Waals surface area contributed by atoms with Gasteiger partial charge in [-0.2, -0.15) is 0 Å². The summed E-state index contributed by atoms with van der Waals surface area (Å²) in [5.41, 5.74) is 4.66. The molecule has 0 bridgehead atoms. The number of rotatable bonds is 18. The summed E-state index contributed by atoms with van der Waals surface area (Å²) >= 11 is 0. The van der Waals surface area contributed by atoms with E-state index in [9.17, 15) is 14.7 Å². The van der Waals surface area contributed by atoms with Crippen LogP contribution in [0.15, 0.2) is 48.5 Å². The predicted molar refractivity (Wildman–Crippen MR) is 146 cm³/mol. The Hall–Kier alpha value is -3.42. The van der Waals surface area contributed by atoms with Crippen LogP contribution in [0, 0.1) is 0 Å². The van der Waals surface area contributed by atoms with Crippen molar-refractivity contribution in [1.29, 1.82) is 0 Å². The average Bonchev–Trinajstić information content (AvgIpc) is 2.91. The summed E-state index contributed by atoms with van der Waals surface area (Å²) < 4.78 is 11.1. The number of hydrazine groups is 1. The Morgan fingerprint density at radius 2 is 1.16 bits per heavy atom. The van der Waals surface area contributed by atoms with E-state index in [1.807, 2.05) is 0 Å². The van der Waals surface area contributed by atoms with Gasteiger partial charge in [-0.25, -0.2) is 10.2 Å². The summed E-state index contributed by atoms with van der Waals surface area (Å²) in [7, 11) is 0. The van der Waals surface area contributed by atoms with E-state index in [2.05, 4.69) is 23.1 Å². The van der Waals surface area contributed by atoms with Crippen molar-refractivity contribution in [3.05, 3.63) is 48.5 Å². The molecule has 0 saturated carbocycles. The smallest absolute Gasteiger partial charge is 0.333 e. The molecule has 8 heteroatoms. The Labute approximate surface area is 221 Å². The van der Waals surface area contributed by atoms with Crippen molar-refractivity contribution >= 4 is 11.9 Å². The molecule has 0 radical (unpaired) electrons. The van der Waals surface area contributed by atoms with E-state index in [0.29, 0.717) is 23.8 Å². The van der Waals surface area contributed by atoms with Crippen molar-refractivity contribution in [2.45, 2.75) is 84.0 Å². The number of benzene rings is 2. The summed E-state index contributed by atoms with van der Waals surface area (Å²) in [6.45, 7) is 2.59. The first-order chi connectivity index (χ1) is 18.1. The lowest BCUT2D eigenvalue weighted by atomic mass is 10.1. The van der Waals surface area contributed by atoms with Gasteiger partial charge >= 0.3 is 6.03 Å². The Balaban J connectivity index is 1.44. The van der Waals surface area contributed by atoms with Gasteiger partial charge in [0.05, 0.1) is 0 Å². The van der Waals surface area contributed by atoms with E-state index in [4.69, 9.17) is 9.47 Å². The highest BCUT2D eigenvalue weighted by Gasteiger charge is 2.06. The largest absolute Gasteiger partial charge is 0.508 e. The van der Waals surface area contributed by atoms with Gasteiger partial charge in [-0.3, -0.25) is 10.2 Å². The number of phenols is 1. The first-order valence-corrected chi connectivity index (χ1v) is 13.6. The number of urea groups is 1. The zero-order valence-electron chi connectivity index (χ0n) is 22.1. The monoisotopic (exact) mass is 513 g/mol. The first kappa shape index (κ1) is 29.8. The summed E-state index contributed by atoms with van der Waals surface area (Å²) in [5.74, 6) is 1.37. The molecular formula is C29H43N3O5. The fourth-order valence-electron chi connectivity index (χ4n) is 3.78. The molecule has 0 aliphatic rings. The zero-order chi connectivity index (χ0) is 26.6. The van der Waals surface area contributed by atoms with Crippen LogP contribution in [0.1, 0.15) is 84.0 Å². The lowest BCUT2D eigenvalue weighted by molar-refractivity contribution is -0.123. The topological polar surface area (TPSA) is 109 Å².